The summed E-state index contributed by atoms with van der Waals surface area (Å²) >= 11 is 0. The van der Waals surface area contributed by atoms with Crippen molar-refractivity contribution in [3.63, 3.8) is 0 Å². The van der Waals surface area contributed by atoms with Crippen LogP contribution in [0.5, 0.6) is 0 Å². The van der Waals surface area contributed by atoms with E-state index in [0.29, 0.717) is 5.92 Å². The molecule has 1 N–H and O–H groups in total. The van der Waals surface area contributed by atoms with E-state index in [4.69, 9.17) is 4.74 Å². The third-order valence-electron chi connectivity index (χ3n) is 2.18. The van der Waals surface area contributed by atoms with Gasteiger partial charge in [0, 0.05) is 7.05 Å². The lowest BCUT2D eigenvalue weighted by Gasteiger charge is -2.30. The lowest BCUT2D eigenvalue weighted by Crippen LogP contribution is -2.43. The number of aliphatic hydroxyl groups is 1. The molecule has 16 heavy (non-hydrogen) atoms. The molecule has 4 nitrogen and oxygen atoms in total. The minimum absolute atomic E-state index is 0.0338. The number of hydrogen-bond donors (Lipinski definition) is 1. The Morgan fingerprint density at radius 3 is 2.19 bits per heavy atom. The molecule has 1 amide bonds. The fourth-order valence-electron chi connectivity index (χ4n) is 1.38. The lowest BCUT2D eigenvalue weighted by atomic mass is 10.0. The lowest BCUT2D eigenvalue weighted by molar-refractivity contribution is 0.0138. The Balaban J connectivity index is 4.39. The Morgan fingerprint density at radius 2 is 1.88 bits per heavy atom. The summed E-state index contributed by atoms with van der Waals surface area (Å²) < 4.78 is 5.24. The number of rotatable bonds is 4. The van der Waals surface area contributed by atoms with Crippen LogP contribution in [0.3, 0.4) is 0 Å². The molecule has 4 heteroatoms. The van der Waals surface area contributed by atoms with Crippen LogP contribution in [0.2, 0.25) is 0 Å². The maximum Gasteiger partial charge on any atom is 0.410 e. The number of carbonyl (C=O) groups is 1. The van der Waals surface area contributed by atoms with Gasteiger partial charge in [0.1, 0.15) is 5.60 Å². The average molecular weight is 231 g/mol. The zero-order valence-electron chi connectivity index (χ0n) is 11.3. The van der Waals surface area contributed by atoms with Gasteiger partial charge in [-0.05, 0) is 33.1 Å². The van der Waals surface area contributed by atoms with Crippen molar-refractivity contribution >= 4 is 6.09 Å². The van der Waals surface area contributed by atoms with Crippen LogP contribution in [0.4, 0.5) is 4.79 Å². The highest BCUT2D eigenvalue weighted by Gasteiger charge is 2.25. The molecule has 0 bridgehead atoms. The van der Waals surface area contributed by atoms with E-state index < -0.39 is 5.60 Å². The molecule has 0 aromatic rings. The minimum atomic E-state index is -0.497. The van der Waals surface area contributed by atoms with Crippen molar-refractivity contribution in [1.29, 1.82) is 0 Å². The van der Waals surface area contributed by atoms with Gasteiger partial charge < -0.3 is 14.7 Å². The minimum Gasteiger partial charge on any atom is -0.444 e. The van der Waals surface area contributed by atoms with Gasteiger partial charge in [0.25, 0.3) is 0 Å². The first-order valence-electron chi connectivity index (χ1n) is 5.74. The van der Waals surface area contributed by atoms with Crippen molar-refractivity contribution in [3.8, 4) is 0 Å². The van der Waals surface area contributed by atoms with E-state index in [-0.39, 0.29) is 18.7 Å². The topological polar surface area (TPSA) is 49.8 Å². The molecule has 0 saturated carbocycles. The van der Waals surface area contributed by atoms with Crippen molar-refractivity contribution in [2.24, 2.45) is 5.92 Å². The van der Waals surface area contributed by atoms with E-state index >= 15 is 0 Å². The molecule has 0 radical (unpaired) electrons. The predicted molar refractivity (Wildman–Crippen MR) is 64.3 cm³/mol. The summed E-state index contributed by atoms with van der Waals surface area (Å²) in [7, 11) is 1.66. The molecule has 0 saturated heterocycles. The van der Waals surface area contributed by atoms with Crippen LogP contribution in [0.1, 0.15) is 41.0 Å². The Labute approximate surface area is 98.6 Å². The molecule has 0 aliphatic carbocycles. The fourth-order valence-corrected chi connectivity index (χ4v) is 1.38. The molecule has 0 aromatic heterocycles. The second kappa shape index (κ2) is 6.09. The number of amides is 1. The highest BCUT2D eigenvalue weighted by Crippen LogP contribution is 2.14. The normalized spacial score (nSPS) is 13.8. The number of hydrogen-bond acceptors (Lipinski definition) is 3. The molecule has 0 rings (SSSR count). The fraction of sp³-hybridized carbons (Fsp3) is 0.917. The number of aliphatic hydroxyl groups excluding tert-OH is 1. The van der Waals surface area contributed by atoms with Gasteiger partial charge in [-0.3, -0.25) is 0 Å². The Morgan fingerprint density at radius 1 is 1.38 bits per heavy atom. The van der Waals surface area contributed by atoms with E-state index in [9.17, 15) is 9.90 Å². The van der Waals surface area contributed by atoms with Crippen LogP contribution >= 0.6 is 0 Å². The second-order valence-electron chi connectivity index (χ2n) is 5.56. The summed E-state index contributed by atoms with van der Waals surface area (Å²) in [6, 6.07) is -0.171. The molecule has 0 unspecified atom stereocenters. The van der Waals surface area contributed by atoms with Crippen molar-refractivity contribution in [2.75, 3.05) is 13.7 Å². The van der Waals surface area contributed by atoms with Crippen molar-refractivity contribution in [3.05, 3.63) is 0 Å². The van der Waals surface area contributed by atoms with Gasteiger partial charge >= 0.3 is 6.09 Å². The summed E-state index contributed by atoms with van der Waals surface area (Å²) in [6.07, 6.45) is 0.388. The van der Waals surface area contributed by atoms with Crippen LogP contribution in [0.15, 0.2) is 0 Å². The van der Waals surface area contributed by atoms with Crippen molar-refractivity contribution < 1.29 is 14.6 Å². The first kappa shape index (κ1) is 15.2. The van der Waals surface area contributed by atoms with Crippen LogP contribution in [0, 0.1) is 5.92 Å². The first-order chi connectivity index (χ1) is 7.17. The Bertz CT molecular complexity index is 221. The highest BCUT2D eigenvalue weighted by molar-refractivity contribution is 5.68. The van der Waals surface area contributed by atoms with Gasteiger partial charge in [0.2, 0.25) is 0 Å². The number of ether oxygens (including phenoxy) is 1. The van der Waals surface area contributed by atoms with Crippen LogP contribution < -0.4 is 0 Å². The summed E-state index contributed by atoms with van der Waals surface area (Å²) in [6.45, 7) is 9.57. The molecular formula is C12H25NO3. The van der Waals surface area contributed by atoms with E-state index in [1.807, 2.05) is 20.8 Å². The van der Waals surface area contributed by atoms with Crippen LogP contribution in [-0.2, 0) is 4.74 Å². The van der Waals surface area contributed by atoms with Gasteiger partial charge in [0.05, 0.1) is 12.6 Å². The maximum atomic E-state index is 11.7. The smallest absolute Gasteiger partial charge is 0.410 e. The largest absolute Gasteiger partial charge is 0.444 e. The molecule has 0 heterocycles. The highest BCUT2D eigenvalue weighted by atomic mass is 16.6. The SMILES string of the molecule is CC(C)C[C@H](CO)N(C)C(=O)OC(C)(C)C. The number of likely N-dealkylation sites (N-methyl/N-ethyl adjacent to an activating group) is 1. The summed E-state index contributed by atoms with van der Waals surface area (Å²) in [5.41, 5.74) is -0.497. The number of carbonyl (C=O) groups excluding carboxylic acids is 1. The van der Waals surface area contributed by atoms with Crippen molar-refractivity contribution in [1.82, 2.24) is 4.90 Å². The van der Waals surface area contributed by atoms with Gasteiger partial charge in [-0.1, -0.05) is 13.8 Å². The molecule has 0 aromatic carbocycles. The third kappa shape index (κ3) is 5.95. The van der Waals surface area contributed by atoms with Crippen molar-refractivity contribution in [2.45, 2.75) is 52.7 Å². The standard InChI is InChI=1S/C12H25NO3/c1-9(2)7-10(8-14)13(6)11(15)16-12(3,4)5/h9-10,14H,7-8H2,1-6H3/t10-/m1/s1. The number of nitrogens with zero attached hydrogens (tertiary/aromatic N) is 1. The Hall–Kier alpha value is -0.770. The van der Waals surface area contributed by atoms with Crippen LogP contribution in [0.25, 0.3) is 0 Å². The zero-order valence-corrected chi connectivity index (χ0v) is 11.3. The molecule has 1 atom stereocenters. The summed E-state index contributed by atoms with van der Waals surface area (Å²) in [5, 5.41) is 9.24. The predicted octanol–water partition coefficient (Wildman–Crippen LogP) is 2.26. The molecule has 0 aliphatic rings. The molecular weight excluding hydrogens is 206 g/mol. The van der Waals surface area contributed by atoms with E-state index in [2.05, 4.69) is 13.8 Å². The van der Waals surface area contributed by atoms with E-state index in [1.165, 1.54) is 4.90 Å². The third-order valence-corrected chi connectivity index (χ3v) is 2.18. The molecule has 96 valence electrons. The van der Waals surface area contributed by atoms with Gasteiger partial charge in [-0.15, -0.1) is 0 Å². The molecule has 0 aliphatic heterocycles. The summed E-state index contributed by atoms with van der Waals surface area (Å²) in [4.78, 5) is 13.2. The molecule has 0 fully saturated rings. The summed E-state index contributed by atoms with van der Waals surface area (Å²) in [5.74, 6) is 0.432. The van der Waals surface area contributed by atoms with Gasteiger partial charge in [-0.25, -0.2) is 4.79 Å². The van der Waals surface area contributed by atoms with Gasteiger partial charge in [-0.2, -0.15) is 0 Å². The van der Waals surface area contributed by atoms with Gasteiger partial charge in [0.15, 0.2) is 0 Å². The zero-order chi connectivity index (χ0) is 12.9. The first-order valence-corrected chi connectivity index (χ1v) is 5.74. The Kier molecular flexibility index (Phi) is 5.79. The van der Waals surface area contributed by atoms with E-state index in [1.54, 1.807) is 7.05 Å². The second-order valence-corrected chi connectivity index (χ2v) is 5.56. The average Bonchev–Trinajstić information content (AvgIpc) is 2.09. The maximum absolute atomic E-state index is 11.7. The van der Waals surface area contributed by atoms with E-state index in [0.717, 1.165) is 6.42 Å². The monoisotopic (exact) mass is 231 g/mol. The molecule has 0 spiro atoms. The quantitative estimate of drug-likeness (QED) is 0.807. The van der Waals surface area contributed by atoms with Crippen LogP contribution in [-0.4, -0.2) is 41.4 Å².